The molecule has 0 spiro atoms. The Hall–Kier alpha value is -1.54. The molecule has 1 atom stereocenters. The molecule has 0 bridgehead atoms. The highest BCUT2D eigenvalue weighted by Gasteiger charge is 2.31. The first-order valence-corrected chi connectivity index (χ1v) is 8.78. The second kappa shape index (κ2) is 10.7. The molecule has 0 aromatic heterocycles. The van der Waals surface area contributed by atoms with E-state index in [4.69, 9.17) is 10.5 Å². The van der Waals surface area contributed by atoms with E-state index in [9.17, 15) is 9.59 Å². The number of amides is 2. The number of nitrogen functional groups attached to an aromatic ring is 1. The third-order valence-corrected chi connectivity index (χ3v) is 4.85. The molecule has 3 rings (SSSR count). The molecule has 0 radical (unpaired) electrons. The number of carbonyl (C=O) groups is 2. The number of anilines is 1. The smallest absolute Gasteiger partial charge is 0.251 e. The molecule has 2 fully saturated rings. The number of rotatable bonds is 5. The summed E-state index contributed by atoms with van der Waals surface area (Å²) in [5, 5.41) is 2.97. The molecule has 9 heteroatoms. The fourth-order valence-electron chi connectivity index (χ4n) is 3.32. The Labute approximate surface area is 172 Å². The second-order valence-corrected chi connectivity index (χ2v) is 6.74. The lowest BCUT2D eigenvalue weighted by atomic mass is 10.1. The minimum Gasteiger partial charge on any atom is -0.399 e. The zero-order chi connectivity index (χ0) is 17.8. The Kier molecular flexibility index (Phi) is 9.32. The lowest BCUT2D eigenvalue weighted by Crippen LogP contribution is -2.43. The standard InChI is InChI=1S/C18H26N4O3.2ClH/c1-13-2-3-14(19)10-16(13)18(24)20-15-11-17(23)22(12-15)5-4-21-6-8-25-9-7-21;;/h2-3,10,15H,4-9,11-12,19H2,1H3,(H,20,24);2*1H. The van der Waals surface area contributed by atoms with Crippen LogP contribution in [0.1, 0.15) is 22.3 Å². The average molecular weight is 419 g/mol. The molecule has 1 aromatic carbocycles. The van der Waals surface area contributed by atoms with Gasteiger partial charge >= 0.3 is 0 Å². The highest BCUT2D eigenvalue weighted by Crippen LogP contribution is 2.15. The number of morpholine rings is 1. The van der Waals surface area contributed by atoms with Gasteiger partial charge in [0.1, 0.15) is 0 Å². The van der Waals surface area contributed by atoms with Crippen molar-refractivity contribution in [2.75, 3.05) is 51.7 Å². The average Bonchev–Trinajstić information content (AvgIpc) is 2.95. The number of halogens is 2. The Bertz CT molecular complexity index is 653. The van der Waals surface area contributed by atoms with E-state index in [1.165, 1.54) is 0 Å². The van der Waals surface area contributed by atoms with Crippen LogP contribution in [-0.4, -0.2) is 73.6 Å². The van der Waals surface area contributed by atoms with Crippen molar-refractivity contribution < 1.29 is 14.3 Å². The van der Waals surface area contributed by atoms with Crippen LogP contribution < -0.4 is 11.1 Å². The van der Waals surface area contributed by atoms with Crippen molar-refractivity contribution in [3.8, 4) is 0 Å². The van der Waals surface area contributed by atoms with Crippen LogP contribution in [0.4, 0.5) is 5.69 Å². The molecule has 2 aliphatic rings. The van der Waals surface area contributed by atoms with Gasteiger partial charge in [-0.15, -0.1) is 24.8 Å². The second-order valence-electron chi connectivity index (χ2n) is 6.74. The van der Waals surface area contributed by atoms with E-state index in [1.807, 2.05) is 17.9 Å². The van der Waals surface area contributed by atoms with E-state index >= 15 is 0 Å². The van der Waals surface area contributed by atoms with Crippen LogP contribution in [0.15, 0.2) is 18.2 Å². The highest BCUT2D eigenvalue weighted by molar-refractivity contribution is 5.97. The Balaban J connectivity index is 0.00000182. The summed E-state index contributed by atoms with van der Waals surface area (Å²) in [6.45, 7) is 7.33. The van der Waals surface area contributed by atoms with Crippen molar-refractivity contribution in [2.24, 2.45) is 0 Å². The molecule has 3 N–H and O–H groups in total. The quantitative estimate of drug-likeness (QED) is 0.698. The molecule has 2 aliphatic heterocycles. The third-order valence-electron chi connectivity index (χ3n) is 4.85. The van der Waals surface area contributed by atoms with E-state index in [0.717, 1.165) is 38.4 Å². The lowest BCUT2D eigenvalue weighted by Gasteiger charge is -2.28. The zero-order valence-corrected chi connectivity index (χ0v) is 17.1. The Morgan fingerprint density at radius 2 is 1.96 bits per heavy atom. The van der Waals surface area contributed by atoms with Gasteiger partial charge in [0.15, 0.2) is 0 Å². The fourth-order valence-corrected chi connectivity index (χ4v) is 3.32. The molecular formula is C18H28Cl2N4O3. The van der Waals surface area contributed by atoms with Gasteiger partial charge in [-0.1, -0.05) is 6.07 Å². The SMILES string of the molecule is Cc1ccc(N)cc1C(=O)NC1CC(=O)N(CCN2CCOCC2)C1.Cl.Cl. The van der Waals surface area contributed by atoms with Gasteiger partial charge in [0.2, 0.25) is 5.91 Å². The Morgan fingerprint density at radius 1 is 1.26 bits per heavy atom. The molecule has 2 amide bonds. The first kappa shape index (κ1) is 23.5. The van der Waals surface area contributed by atoms with E-state index in [-0.39, 0.29) is 42.7 Å². The molecule has 1 unspecified atom stereocenters. The number of hydrogen-bond donors (Lipinski definition) is 2. The molecular weight excluding hydrogens is 391 g/mol. The highest BCUT2D eigenvalue weighted by atomic mass is 35.5. The van der Waals surface area contributed by atoms with Gasteiger partial charge in [-0.25, -0.2) is 0 Å². The van der Waals surface area contributed by atoms with Gasteiger partial charge in [0.25, 0.3) is 5.91 Å². The van der Waals surface area contributed by atoms with Crippen LogP contribution in [0.2, 0.25) is 0 Å². The predicted octanol–water partition coefficient (Wildman–Crippen LogP) is 1.08. The minimum atomic E-state index is -0.169. The van der Waals surface area contributed by atoms with Crippen LogP contribution >= 0.6 is 24.8 Å². The maximum atomic E-state index is 12.5. The van der Waals surface area contributed by atoms with Crippen molar-refractivity contribution in [2.45, 2.75) is 19.4 Å². The predicted molar refractivity (Wildman–Crippen MR) is 110 cm³/mol. The molecule has 0 aliphatic carbocycles. The number of aryl methyl sites for hydroxylation is 1. The summed E-state index contributed by atoms with van der Waals surface area (Å²) >= 11 is 0. The lowest BCUT2D eigenvalue weighted by molar-refractivity contribution is -0.128. The molecule has 2 heterocycles. The van der Waals surface area contributed by atoms with Crippen LogP contribution in [0.25, 0.3) is 0 Å². The molecule has 0 saturated carbocycles. The van der Waals surface area contributed by atoms with Crippen molar-refractivity contribution in [3.63, 3.8) is 0 Å². The maximum absolute atomic E-state index is 12.5. The summed E-state index contributed by atoms with van der Waals surface area (Å²) in [6.07, 6.45) is 0.357. The number of nitrogens with two attached hydrogens (primary N) is 1. The summed E-state index contributed by atoms with van der Waals surface area (Å²) in [4.78, 5) is 28.8. The molecule has 152 valence electrons. The van der Waals surface area contributed by atoms with Gasteiger partial charge < -0.3 is 20.7 Å². The number of nitrogens with one attached hydrogen (secondary N) is 1. The minimum absolute atomic E-state index is 0. The van der Waals surface area contributed by atoms with Crippen LogP contribution in [0, 0.1) is 6.92 Å². The molecule has 27 heavy (non-hydrogen) atoms. The van der Waals surface area contributed by atoms with Gasteiger partial charge in [0.05, 0.1) is 19.3 Å². The van der Waals surface area contributed by atoms with Crippen LogP contribution in [-0.2, 0) is 9.53 Å². The number of likely N-dealkylation sites (tertiary alicyclic amines) is 1. The van der Waals surface area contributed by atoms with Gasteiger partial charge in [-0.3, -0.25) is 14.5 Å². The molecule has 7 nitrogen and oxygen atoms in total. The van der Waals surface area contributed by atoms with Crippen molar-refractivity contribution >= 4 is 42.3 Å². The molecule has 2 saturated heterocycles. The zero-order valence-electron chi connectivity index (χ0n) is 15.5. The molecule has 1 aromatic rings. The largest absolute Gasteiger partial charge is 0.399 e. The van der Waals surface area contributed by atoms with Crippen LogP contribution in [0.3, 0.4) is 0 Å². The number of ether oxygens (including phenoxy) is 1. The maximum Gasteiger partial charge on any atom is 0.251 e. The fraction of sp³-hybridized carbons (Fsp3) is 0.556. The van der Waals surface area contributed by atoms with Crippen molar-refractivity contribution in [3.05, 3.63) is 29.3 Å². The normalized spacial score (nSPS) is 20.0. The summed E-state index contributed by atoms with van der Waals surface area (Å²) in [6, 6.07) is 5.14. The first-order chi connectivity index (χ1) is 12.0. The number of carbonyl (C=O) groups excluding carboxylic acids is 2. The summed E-state index contributed by atoms with van der Waals surface area (Å²) < 4.78 is 5.33. The van der Waals surface area contributed by atoms with Gasteiger partial charge in [-0.2, -0.15) is 0 Å². The summed E-state index contributed by atoms with van der Waals surface area (Å²) in [5.41, 5.74) is 7.78. The number of nitrogens with zero attached hydrogens (tertiary/aromatic N) is 2. The third kappa shape index (κ3) is 6.24. The summed E-state index contributed by atoms with van der Waals surface area (Å²) in [7, 11) is 0. The van der Waals surface area contributed by atoms with E-state index in [1.54, 1.807) is 12.1 Å². The van der Waals surface area contributed by atoms with Crippen LogP contribution in [0.5, 0.6) is 0 Å². The van der Waals surface area contributed by atoms with Crippen molar-refractivity contribution in [1.82, 2.24) is 15.1 Å². The number of hydrogen-bond acceptors (Lipinski definition) is 5. The Morgan fingerprint density at radius 3 is 2.67 bits per heavy atom. The van der Waals surface area contributed by atoms with E-state index in [0.29, 0.717) is 30.8 Å². The van der Waals surface area contributed by atoms with Gasteiger partial charge in [-0.05, 0) is 24.6 Å². The van der Waals surface area contributed by atoms with Crippen molar-refractivity contribution in [1.29, 1.82) is 0 Å². The summed E-state index contributed by atoms with van der Waals surface area (Å²) in [5.74, 6) is -0.0690. The van der Waals surface area contributed by atoms with E-state index < -0.39 is 0 Å². The first-order valence-electron chi connectivity index (χ1n) is 8.78. The topological polar surface area (TPSA) is 87.9 Å². The van der Waals surface area contributed by atoms with Gasteiger partial charge in [0, 0.05) is 50.4 Å². The number of benzene rings is 1. The van der Waals surface area contributed by atoms with E-state index in [2.05, 4.69) is 10.2 Å². The monoisotopic (exact) mass is 418 g/mol.